The predicted octanol–water partition coefficient (Wildman–Crippen LogP) is 2.37. The number of carbonyl (C=O) groups excluding carboxylic acids is 1. The van der Waals surface area contributed by atoms with Crippen molar-refractivity contribution in [1.82, 2.24) is 0 Å². The fourth-order valence-electron chi connectivity index (χ4n) is 3.87. The quantitative estimate of drug-likeness (QED) is 0.730. The summed E-state index contributed by atoms with van der Waals surface area (Å²) in [6.07, 6.45) is -0.0567. The molecule has 0 radical (unpaired) electrons. The van der Waals surface area contributed by atoms with E-state index in [4.69, 9.17) is 5.73 Å². The van der Waals surface area contributed by atoms with Crippen molar-refractivity contribution in [2.45, 2.75) is 51.2 Å². The predicted molar refractivity (Wildman–Crippen MR) is 81.1 cm³/mol. The van der Waals surface area contributed by atoms with Gasteiger partial charge in [-0.1, -0.05) is 0 Å². The molecule has 1 aromatic carbocycles. The van der Waals surface area contributed by atoms with Gasteiger partial charge < -0.3 is 15.9 Å². The largest absolute Gasteiger partial charge is 0.515 e. The van der Waals surface area contributed by atoms with E-state index in [9.17, 15) is 19.8 Å². The lowest BCUT2D eigenvalue weighted by Gasteiger charge is -2.47. The third-order valence-corrected chi connectivity index (χ3v) is 4.73. The number of quaternary nitrogens is 1. The lowest BCUT2D eigenvalue weighted by molar-refractivity contribution is -0.933. The van der Waals surface area contributed by atoms with Gasteiger partial charge in [0.2, 0.25) is 0 Å². The molecule has 0 bridgehead atoms. The third-order valence-electron chi connectivity index (χ3n) is 4.73. The van der Waals surface area contributed by atoms with Gasteiger partial charge in [-0.25, -0.2) is 4.48 Å². The summed E-state index contributed by atoms with van der Waals surface area (Å²) in [4.78, 5) is 24.2. The number of hydrogen-bond donors (Lipinski definition) is 3. The van der Waals surface area contributed by atoms with Crippen LogP contribution >= 0.6 is 0 Å². The van der Waals surface area contributed by atoms with Crippen molar-refractivity contribution in [1.29, 1.82) is 0 Å². The number of hydrogen-bond acceptors (Lipinski definition) is 3. The minimum atomic E-state index is -1.05. The topological polar surface area (TPSA) is 101 Å². The van der Waals surface area contributed by atoms with Crippen LogP contribution in [0.15, 0.2) is 24.3 Å². The molecule has 2 rings (SSSR count). The third kappa shape index (κ3) is 2.23. The van der Waals surface area contributed by atoms with E-state index >= 15 is 0 Å². The highest BCUT2D eigenvalue weighted by atomic mass is 16.4. The molecule has 1 aliphatic rings. The highest BCUT2D eigenvalue weighted by Gasteiger charge is 2.64. The molecule has 3 atom stereocenters. The van der Waals surface area contributed by atoms with E-state index in [0.29, 0.717) is 12.8 Å². The van der Waals surface area contributed by atoms with Gasteiger partial charge in [0.15, 0.2) is 6.04 Å². The number of aromatic hydroxyl groups is 1. The van der Waals surface area contributed by atoms with Gasteiger partial charge in [-0.2, -0.15) is 4.79 Å². The Bertz CT molecular complexity index is 591. The van der Waals surface area contributed by atoms with E-state index in [1.54, 1.807) is 12.1 Å². The Kier molecular flexibility index (Phi) is 3.91. The molecule has 6 nitrogen and oxygen atoms in total. The van der Waals surface area contributed by atoms with Crippen molar-refractivity contribution in [2.75, 3.05) is 0 Å². The average molecular weight is 307 g/mol. The maximum absolute atomic E-state index is 12.3. The zero-order valence-corrected chi connectivity index (χ0v) is 13.1. The molecule has 4 N–H and O–H groups in total. The second-order valence-corrected chi connectivity index (χ2v) is 6.83. The molecule has 0 aromatic heterocycles. The number of nitrogens with two attached hydrogens (primary N) is 1. The smallest absolute Gasteiger partial charge is 0.508 e. The first-order valence-electron chi connectivity index (χ1n) is 7.32. The molecule has 0 saturated carbocycles. The molecular formula is C16H23N2O4+. The van der Waals surface area contributed by atoms with E-state index in [-0.39, 0.29) is 11.8 Å². The molecule has 1 unspecified atom stereocenters. The van der Waals surface area contributed by atoms with E-state index in [1.807, 2.05) is 20.8 Å². The summed E-state index contributed by atoms with van der Waals surface area (Å²) < 4.78 is -0.410. The normalized spacial score (nSPS) is 28.5. The number of benzene rings is 1. The van der Waals surface area contributed by atoms with E-state index in [2.05, 4.69) is 0 Å². The molecule has 1 aromatic rings. The molecule has 1 saturated heterocycles. The van der Waals surface area contributed by atoms with Crippen LogP contribution in [0.5, 0.6) is 5.75 Å². The Morgan fingerprint density at radius 3 is 2.14 bits per heavy atom. The SMILES string of the molecule is CC(C)(C)[N+]1(C(=O)O)[C@H](C(N)=O)CC[C@H]1c1ccc(O)cc1. The highest BCUT2D eigenvalue weighted by molar-refractivity contribution is 5.81. The molecule has 1 aliphatic heterocycles. The molecule has 1 heterocycles. The molecule has 6 heteroatoms. The van der Waals surface area contributed by atoms with Crippen LogP contribution in [0.1, 0.15) is 45.2 Å². The van der Waals surface area contributed by atoms with Crippen molar-refractivity contribution in [3.05, 3.63) is 29.8 Å². The Balaban J connectivity index is 2.64. The number of primary amides is 1. The fraction of sp³-hybridized carbons (Fsp3) is 0.500. The molecule has 2 amide bonds. The van der Waals surface area contributed by atoms with Crippen LogP contribution in [0.3, 0.4) is 0 Å². The van der Waals surface area contributed by atoms with Crippen LogP contribution in [-0.4, -0.2) is 38.3 Å². The second-order valence-electron chi connectivity index (χ2n) is 6.83. The Labute approximate surface area is 129 Å². The minimum absolute atomic E-state index is 0.123. The van der Waals surface area contributed by atoms with Gasteiger partial charge in [-0.05, 0) is 45.0 Å². The first-order valence-corrected chi connectivity index (χ1v) is 7.32. The van der Waals surface area contributed by atoms with Gasteiger partial charge in [-0.15, -0.1) is 0 Å². The van der Waals surface area contributed by atoms with Crippen molar-refractivity contribution in [2.24, 2.45) is 5.73 Å². The summed E-state index contributed by atoms with van der Waals surface area (Å²) in [5.41, 5.74) is 5.60. The zero-order valence-electron chi connectivity index (χ0n) is 13.1. The summed E-state index contributed by atoms with van der Waals surface area (Å²) in [6, 6.07) is 5.35. The molecular weight excluding hydrogens is 284 g/mol. The summed E-state index contributed by atoms with van der Waals surface area (Å²) in [6.45, 7) is 5.45. The Morgan fingerprint density at radius 1 is 1.18 bits per heavy atom. The van der Waals surface area contributed by atoms with Gasteiger partial charge in [-0.3, -0.25) is 4.79 Å². The maximum atomic E-state index is 12.3. The zero-order chi connectivity index (χ0) is 16.7. The van der Waals surface area contributed by atoms with Crippen LogP contribution in [-0.2, 0) is 4.79 Å². The van der Waals surface area contributed by atoms with E-state index < -0.39 is 28.1 Å². The standard InChI is InChI=1S/C16H22N2O4/c1-16(2,3)18(15(21)22)12(8-9-13(18)14(17)20)10-4-6-11(19)7-5-10/h4-7,12-13H,8-9H2,1-3H3,(H3-,17,19,20,21,22)/p+1/t12-,13-,18?/m0/s1. The average Bonchev–Trinajstić information content (AvgIpc) is 2.80. The van der Waals surface area contributed by atoms with Gasteiger partial charge in [0.25, 0.3) is 5.91 Å². The van der Waals surface area contributed by atoms with Gasteiger partial charge in [0, 0.05) is 18.4 Å². The lowest BCUT2D eigenvalue weighted by Crippen LogP contribution is -2.69. The van der Waals surface area contributed by atoms with Crippen molar-refractivity contribution in [3.8, 4) is 5.75 Å². The second kappa shape index (κ2) is 5.28. The first kappa shape index (κ1) is 16.3. The number of carboxylic acid groups (broad SMARTS) is 1. The number of amides is 2. The van der Waals surface area contributed by atoms with Crippen LogP contribution in [0.2, 0.25) is 0 Å². The Hall–Kier alpha value is -2.08. The number of phenols is 1. The number of nitrogens with zero attached hydrogens (tertiary/aromatic N) is 1. The molecule has 22 heavy (non-hydrogen) atoms. The summed E-state index contributed by atoms with van der Waals surface area (Å²) >= 11 is 0. The van der Waals surface area contributed by atoms with Crippen LogP contribution in [0.4, 0.5) is 4.79 Å². The minimum Gasteiger partial charge on any atom is -0.508 e. The lowest BCUT2D eigenvalue weighted by atomic mass is 9.94. The summed E-state index contributed by atoms with van der Waals surface area (Å²) in [5, 5.41) is 19.5. The van der Waals surface area contributed by atoms with Crippen LogP contribution < -0.4 is 5.73 Å². The molecule has 120 valence electrons. The number of likely N-dealkylation sites (tertiary alicyclic amines) is 1. The molecule has 1 fully saturated rings. The number of rotatable bonds is 2. The number of carbonyl (C=O) groups is 2. The van der Waals surface area contributed by atoms with Gasteiger partial charge in [0.1, 0.15) is 17.3 Å². The van der Waals surface area contributed by atoms with Gasteiger partial charge >= 0.3 is 6.09 Å². The van der Waals surface area contributed by atoms with Crippen molar-refractivity contribution < 1.29 is 24.3 Å². The molecule has 0 spiro atoms. The molecule has 0 aliphatic carbocycles. The number of phenolic OH excluding ortho intramolecular Hbond substituents is 1. The Morgan fingerprint density at radius 2 is 1.73 bits per heavy atom. The van der Waals surface area contributed by atoms with Crippen molar-refractivity contribution >= 4 is 12.0 Å². The summed E-state index contributed by atoms with van der Waals surface area (Å²) in [7, 11) is 0. The fourth-order valence-corrected chi connectivity index (χ4v) is 3.87. The first-order chi connectivity index (χ1) is 10.1. The van der Waals surface area contributed by atoms with E-state index in [0.717, 1.165) is 5.56 Å². The summed E-state index contributed by atoms with van der Waals surface area (Å²) in [5.74, 6) is -0.462. The van der Waals surface area contributed by atoms with Crippen molar-refractivity contribution in [3.63, 3.8) is 0 Å². The van der Waals surface area contributed by atoms with Crippen LogP contribution in [0, 0.1) is 0 Å². The monoisotopic (exact) mass is 307 g/mol. The van der Waals surface area contributed by atoms with Gasteiger partial charge in [0.05, 0.1) is 0 Å². The van der Waals surface area contributed by atoms with Crippen LogP contribution in [0.25, 0.3) is 0 Å². The highest BCUT2D eigenvalue weighted by Crippen LogP contribution is 2.49. The maximum Gasteiger partial charge on any atom is 0.515 e. The van der Waals surface area contributed by atoms with E-state index in [1.165, 1.54) is 12.1 Å².